The van der Waals surface area contributed by atoms with Gasteiger partial charge in [-0.2, -0.15) is 0 Å². The summed E-state index contributed by atoms with van der Waals surface area (Å²) in [6, 6.07) is 16.3. The number of carboxylic acids is 1. The summed E-state index contributed by atoms with van der Waals surface area (Å²) in [5.41, 5.74) is 3.55. The number of carboxylic acid groups (broad SMARTS) is 1. The van der Waals surface area contributed by atoms with Crippen molar-refractivity contribution in [3.05, 3.63) is 65.2 Å². The van der Waals surface area contributed by atoms with E-state index in [2.05, 4.69) is 35.6 Å². The van der Waals surface area contributed by atoms with Crippen molar-refractivity contribution in [3.63, 3.8) is 0 Å². The fourth-order valence-corrected chi connectivity index (χ4v) is 5.67. The summed E-state index contributed by atoms with van der Waals surface area (Å²) in [7, 11) is 0. The molecule has 3 nitrogen and oxygen atoms in total. The molecule has 1 aliphatic heterocycles. The Labute approximate surface area is 141 Å². The lowest BCUT2D eigenvalue weighted by atomic mass is 9.67. The van der Waals surface area contributed by atoms with Crippen LogP contribution in [0.5, 0.6) is 0 Å². The van der Waals surface area contributed by atoms with Crippen LogP contribution in [0.25, 0.3) is 0 Å². The van der Waals surface area contributed by atoms with Crippen molar-refractivity contribution in [1.82, 2.24) is 0 Å². The molecular weight excluding hydrogens is 298 g/mol. The average Bonchev–Trinajstić information content (AvgIpc) is 3.23. The number of para-hydroxylation sites is 1. The van der Waals surface area contributed by atoms with E-state index in [1.54, 1.807) is 6.07 Å². The minimum absolute atomic E-state index is 0.194. The zero-order valence-corrected chi connectivity index (χ0v) is 13.4. The molecule has 2 fully saturated rings. The zero-order chi connectivity index (χ0) is 16.3. The van der Waals surface area contributed by atoms with Crippen LogP contribution in [0.1, 0.15) is 52.7 Å². The predicted molar refractivity (Wildman–Crippen MR) is 90.6 cm³/mol. The summed E-state index contributed by atoms with van der Waals surface area (Å²) in [5, 5.41) is 15.2. The Bertz CT molecular complexity index is 801. The molecule has 3 aliphatic rings. The molecule has 5 rings (SSSR count). The Hall–Kier alpha value is -2.29. The van der Waals surface area contributed by atoms with Gasteiger partial charge in [-0.05, 0) is 54.1 Å². The molecule has 2 aromatic carbocycles. The quantitative estimate of drug-likeness (QED) is 0.924. The highest BCUT2D eigenvalue weighted by Gasteiger charge is 2.53. The lowest BCUT2D eigenvalue weighted by Crippen LogP contribution is -2.37. The van der Waals surface area contributed by atoms with E-state index in [0.717, 1.165) is 11.6 Å². The Morgan fingerprint density at radius 3 is 2.58 bits per heavy atom. The molecule has 1 N–H and O–H groups in total. The Kier molecular flexibility index (Phi) is 2.99. The molecule has 2 aliphatic carbocycles. The number of hydrogen-bond donors (Lipinski definition) is 1. The number of hydrogen-bond acceptors (Lipinski definition) is 3. The number of rotatable bonds is 2. The van der Waals surface area contributed by atoms with Gasteiger partial charge in [-0.25, -0.2) is 0 Å². The van der Waals surface area contributed by atoms with E-state index in [4.69, 9.17) is 0 Å². The fraction of sp³-hybridized carbons (Fsp3) is 0.381. The van der Waals surface area contributed by atoms with Crippen LogP contribution in [0.2, 0.25) is 0 Å². The predicted octanol–water partition coefficient (Wildman–Crippen LogP) is 3.35. The van der Waals surface area contributed by atoms with E-state index < -0.39 is 5.97 Å². The Morgan fingerprint density at radius 1 is 1.00 bits per heavy atom. The molecule has 5 atom stereocenters. The van der Waals surface area contributed by atoms with Crippen LogP contribution in [0, 0.1) is 17.8 Å². The molecule has 122 valence electrons. The maximum Gasteiger partial charge on any atom is 0.0736 e. The molecule has 0 spiro atoms. The van der Waals surface area contributed by atoms with Gasteiger partial charge < -0.3 is 15.2 Å². The van der Waals surface area contributed by atoms with Gasteiger partial charge in [-0.1, -0.05) is 48.5 Å². The van der Waals surface area contributed by atoms with Crippen LogP contribution in [0.3, 0.4) is 0 Å². The lowest BCUT2D eigenvalue weighted by Gasteiger charge is -2.44. The molecule has 3 heteroatoms. The second-order valence-corrected chi connectivity index (χ2v) is 7.53. The Morgan fingerprint density at radius 2 is 1.79 bits per heavy atom. The molecule has 0 aromatic heterocycles. The van der Waals surface area contributed by atoms with Gasteiger partial charge in [0.1, 0.15) is 0 Å². The zero-order valence-electron chi connectivity index (χ0n) is 13.4. The summed E-state index contributed by atoms with van der Waals surface area (Å²) >= 11 is 0. The van der Waals surface area contributed by atoms with Gasteiger partial charge in [0.15, 0.2) is 0 Å². The van der Waals surface area contributed by atoms with E-state index >= 15 is 0 Å². The van der Waals surface area contributed by atoms with E-state index in [9.17, 15) is 9.90 Å². The molecule has 24 heavy (non-hydrogen) atoms. The van der Waals surface area contributed by atoms with E-state index in [0.29, 0.717) is 23.3 Å². The van der Waals surface area contributed by atoms with Gasteiger partial charge in [0.25, 0.3) is 0 Å². The van der Waals surface area contributed by atoms with E-state index in [1.807, 2.05) is 12.1 Å². The Balaban J connectivity index is 1.69. The summed E-state index contributed by atoms with van der Waals surface area (Å²) in [6.45, 7) is 0. The lowest BCUT2D eigenvalue weighted by molar-refractivity contribution is -0.254. The number of carbonyl (C=O) groups excluding carboxylic acids is 1. The van der Waals surface area contributed by atoms with Crippen molar-refractivity contribution in [2.45, 2.75) is 31.2 Å². The van der Waals surface area contributed by atoms with Crippen molar-refractivity contribution in [3.8, 4) is 0 Å². The third-order valence-electron chi connectivity index (χ3n) is 6.50. The van der Waals surface area contributed by atoms with Crippen LogP contribution in [0.4, 0.5) is 5.69 Å². The second-order valence-electron chi connectivity index (χ2n) is 7.53. The molecule has 1 heterocycles. The normalized spacial score (nSPS) is 32.8. The standard InChI is InChI=1S/C21H21NO2/c23-21(24)16-8-4-7-15-17-13-9-10-14(11-13)18(17)19(22-20(15)16)12-5-2-1-3-6-12/h1-8,13-14,17-19,22H,9-11H2,(H,23,24)/p-1/t13-,14+,17+,18+,19+/m0/s1. The largest absolute Gasteiger partial charge is 0.545 e. The van der Waals surface area contributed by atoms with Gasteiger partial charge >= 0.3 is 0 Å². The highest BCUT2D eigenvalue weighted by atomic mass is 16.4. The third-order valence-corrected chi connectivity index (χ3v) is 6.50. The first kappa shape index (κ1) is 14.1. The fourth-order valence-electron chi connectivity index (χ4n) is 5.67. The van der Waals surface area contributed by atoms with Gasteiger partial charge in [-0.15, -0.1) is 0 Å². The summed E-state index contributed by atoms with van der Waals surface area (Å²) in [5.74, 6) is 1.40. The minimum atomic E-state index is -1.09. The molecule has 2 saturated carbocycles. The maximum absolute atomic E-state index is 11.6. The number of fused-ring (bicyclic) bond motifs is 7. The average molecular weight is 318 g/mol. The number of anilines is 1. The number of nitrogens with one attached hydrogen (secondary N) is 1. The third kappa shape index (κ3) is 1.87. The molecule has 2 aromatic rings. The van der Waals surface area contributed by atoms with E-state index in [-0.39, 0.29) is 6.04 Å². The monoisotopic (exact) mass is 318 g/mol. The maximum atomic E-state index is 11.6. The molecule has 0 amide bonds. The van der Waals surface area contributed by atoms with Gasteiger partial charge in [0.2, 0.25) is 0 Å². The molecule has 0 radical (unpaired) electrons. The topological polar surface area (TPSA) is 52.2 Å². The van der Waals surface area contributed by atoms with E-state index in [1.165, 1.54) is 30.4 Å². The molecule has 0 saturated heterocycles. The van der Waals surface area contributed by atoms with Crippen LogP contribution in [-0.4, -0.2) is 5.97 Å². The summed E-state index contributed by atoms with van der Waals surface area (Å²) in [4.78, 5) is 11.6. The van der Waals surface area contributed by atoms with Crippen molar-refractivity contribution in [2.24, 2.45) is 17.8 Å². The van der Waals surface area contributed by atoms with Crippen molar-refractivity contribution >= 4 is 11.7 Å². The summed E-state index contributed by atoms with van der Waals surface area (Å²) < 4.78 is 0. The first-order valence-corrected chi connectivity index (χ1v) is 8.90. The van der Waals surface area contributed by atoms with Gasteiger partial charge in [-0.3, -0.25) is 0 Å². The first-order chi connectivity index (χ1) is 11.7. The smallest absolute Gasteiger partial charge is 0.0736 e. The molecular formula is C21H20NO2-. The molecule has 2 bridgehead atoms. The number of carbonyl (C=O) groups is 1. The highest BCUT2D eigenvalue weighted by Crippen LogP contribution is 2.63. The van der Waals surface area contributed by atoms with Gasteiger partial charge in [0, 0.05) is 11.3 Å². The van der Waals surface area contributed by atoms with Gasteiger partial charge in [0.05, 0.1) is 12.0 Å². The molecule has 0 unspecified atom stereocenters. The SMILES string of the molecule is O=C([O-])c1cccc2c1N[C@H](c1ccccc1)[C@@H]1[C@@H]3CC[C@@H](C3)[C@H]21. The van der Waals surface area contributed by atoms with Crippen molar-refractivity contribution < 1.29 is 9.90 Å². The van der Waals surface area contributed by atoms with Crippen LogP contribution >= 0.6 is 0 Å². The number of aromatic carboxylic acids is 1. The van der Waals surface area contributed by atoms with Crippen LogP contribution in [-0.2, 0) is 0 Å². The van der Waals surface area contributed by atoms with Crippen LogP contribution < -0.4 is 10.4 Å². The second kappa shape index (κ2) is 5.10. The minimum Gasteiger partial charge on any atom is -0.545 e. The first-order valence-electron chi connectivity index (χ1n) is 8.90. The highest BCUT2D eigenvalue weighted by molar-refractivity contribution is 5.94. The number of benzene rings is 2. The van der Waals surface area contributed by atoms with Crippen molar-refractivity contribution in [2.75, 3.05) is 5.32 Å². The summed E-state index contributed by atoms with van der Waals surface area (Å²) in [6.07, 6.45) is 3.88. The van der Waals surface area contributed by atoms with Crippen LogP contribution in [0.15, 0.2) is 48.5 Å². The van der Waals surface area contributed by atoms with Crippen molar-refractivity contribution in [1.29, 1.82) is 0 Å².